The SMILES string of the molecule is CCN=C(NC1CCN(c2ncccc2Cl)C1)NC1CC1c1ccccc1.I. The first-order valence-corrected chi connectivity index (χ1v) is 10.1. The van der Waals surface area contributed by atoms with Crippen molar-refractivity contribution in [2.45, 2.75) is 37.8 Å². The zero-order valence-corrected chi connectivity index (χ0v) is 19.1. The molecule has 3 atom stereocenters. The van der Waals surface area contributed by atoms with Crippen molar-refractivity contribution in [3.05, 3.63) is 59.2 Å². The van der Waals surface area contributed by atoms with Crippen LogP contribution in [0.25, 0.3) is 0 Å². The Morgan fingerprint density at radius 2 is 2.04 bits per heavy atom. The summed E-state index contributed by atoms with van der Waals surface area (Å²) in [5, 5.41) is 7.93. The van der Waals surface area contributed by atoms with Crippen molar-refractivity contribution < 1.29 is 0 Å². The van der Waals surface area contributed by atoms with E-state index in [4.69, 9.17) is 11.6 Å². The number of anilines is 1. The van der Waals surface area contributed by atoms with E-state index in [-0.39, 0.29) is 24.0 Å². The fourth-order valence-corrected chi connectivity index (χ4v) is 4.00. The molecule has 1 saturated carbocycles. The third kappa shape index (κ3) is 5.08. The maximum atomic E-state index is 6.30. The summed E-state index contributed by atoms with van der Waals surface area (Å²) in [5.74, 6) is 2.37. The third-order valence-corrected chi connectivity index (χ3v) is 5.52. The number of hydrogen-bond donors (Lipinski definition) is 2. The van der Waals surface area contributed by atoms with Crippen LogP contribution in [0.3, 0.4) is 0 Å². The summed E-state index contributed by atoms with van der Waals surface area (Å²) in [4.78, 5) is 11.3. The van der Waals surface area contributed by atoms with Crippen molar-refractivity contribution in [3.63, 3.8) is 0 Å². The Morgan fingerprint density at radius 1 is 1.21 bits per heavy atom. The monoisotopic (exact) mass is 511 g/mol. The van der Waals surface area contributed by atoms with Gasteiger partial charge >= 0.3 is 0 Å². The molecule has 0 bridgehead atoms. The molecule has 0 amide bonds. The van der Waals surface area contributed by atoms with Gasteiger partial charge in [-0.25, -0.2) is 4.98 Å². The smallest absolute Gasteiger partial charge is 0.191 e. The van der Waals surface area contributed by atoms with Crippen molar-refractivity contribution in [3.8, 4) is 0 Å². The minimum absolute atomic E-state index is 0. The van der Waals surface area contributed by atoms with Crippen LogP contribution in [0.4, 0.5) is 5.82 Å². The van der Waals surface area contributed by atoms with E-state index in [1.165, 1.54) is 5.56 Å². The van der Waals surface area contributed by atoms with Gasteiger partial charge in [-0.1, -0.05) is 41.9 Å². The topological polar surface area (TPSA) is 52.6 Å². The molecule has 7 heteroatoms. The Balaban J connectivity index is 0.00000225. The van der Waals surface area contributed by atoms with Gasteiger partial charge in [-0.15, -0.1) is 24.0 Å². The summed E-state index contributed by atoms with van der Waals surface area (Å²) in [5.41, 5.74) is 1.41. The first-order chi connectivity index (χ1) is 13.2. The van der Waals surface area contributed by atoms with Crippen molar-refractivity contribution in [2.24, 2.45) is 4.99 Å². The van der Waals surface area contributed by atoms with E-state index in [9.17, 15) is 0 Å². The average Bonchev–Trinajstić information content (AvgIpc) is 3.30. The lowest BCUT2D eigenvalue weighted by atomic mass is 10.1. The van der Waals surface area contributed by atoms with Gasteiger partial charge in [0.2, 0.25) is 0 Å². The molecule has 150 valence electrons. The third-order valence-electron chi connectivity index (χ3n) is 5.22. The van der Waals surface area contributed by atoms with E-state index in [1.807, 2.05) is 12.1 Å². The predicted molar refractivity (Wildman–Crippen MR) is 127 cm³/mol. The van der Waals surface area contributed by atoms with Crippen LogP contribution in [0.15, 0.2) is 53.7 Å². The van der Waals surface area contributed by atoms with Gasteiger partial charge in [-0.2, -0.15) is 0 Å². The molecular weight excluding hydrogens is 485 g/mol. The van der Waals surface area contributed by atoms with Crippen molar-refractivity contribution in [1.82, 2.24) is 15.6 Å². The number of halogens is 2. The van der Waals surface area contributed by atoms with Gasteiger partial charge in [0.1, 0.15) is 5.82 Å². The number of aromatic nitrogens is 1. The van der Waals surface area contributed by atoms with Crippen LogP contribution in [-0.2, 0) is 0 Å². The maximum Gasteiger partial charge on any atom is 0.191 e. The summed E-state index contributed by atoms with van der Waals surface area (Å²) >= 11 is 6.30. The van der Waals surface area contributed by atoms with Gasteiger partial charge in [-0.05, 0) is 37.5 Å². The Hall–Kier alpha value is -1.54. The Morgan fingerprint density at radius 3 is 2.79 bits per heavy atom. The zero-order valence-electron chi connectivity index (χ0n) is 16.0. The molecule has 1 saturated heterocycles. The van der Waals surface area contributed by atoms with Gasteiger partial charge in [0.05, 0.1) is 5.02 Å². The fourth-order valence-electron chi connectivity index (χ4n) is 3.76. The van der Waals surface area contributed by atoms with Gasteiger partial charge in [-0.3, -0.25) is 4.99 Å². The summed E-state index contributed by atoms with van der Waals surface area (Å²) in [7, 11) is 0. The Kier molecular flexibility index (Phi) is 7.40. The van der Waals surface area contributed by atoms with Crippen LogP contribution in [0.5, 0.6) is 0 Å². The van der Waals surface area contributed by atoms with Crippen LogP contribution in [0.1, 0.15) is 31.2 Å². The first kappa shape index (κ1) is 21.2. The van der Waals surface area contributed by atoms with E-state index in [1.54, 1.807) is 6.20 Å². The van der Waals surface area contributed by atoms with Gasteiger partial charge in [0, 0.05) is 43.8 Å². The van der Waals surface area contributed by atoms with Crippen molar-refractivity contribution in [2.75, 3.05) is 24.5 Å². The molecule has 2 aliphatic rings. The number of rotatable bonds is 5. The Bertz CT molecular complexity index is 800. The lowest BCUT2D eigenvalue weighted by Gasteiger charge is -2.20. The molecule has 1 aliphatic carbocycles. The minimum Gasteiger partial charge on any atom is -0.353 e. The molecule has 1 aromatic heterocycles. The standard InChI is InChI=1S/C21H26ClN5.HI/c1-2-23-21(26-19-13-17(19)15-7-4-3-5-8-15)25-16-10-12-27(14-16)20-18(22)9-6-11-24-20;/h3-9,11,16-17,19H,2,10,12-14H2,1H3,(H2,23,25,26);1H. The molecule has 0 radical (unpaired) electrons. The second kappa shape index (κ2) is 9.78. The summed E-state index contributed by atoms with van der Waals surface area (Å²) < 4.78 is 0. The van der Waals surface area contributed by atoms with Crippen LogP contribution in [0, 0.1) is 0 Å². The summed E-state index contributed by atoms with van der Waals surface area (Å²) in [6.45, 7) is 4.66. The van der Waals surface area contributed by atoms with Gasteiger partial charge in [0.25, 0.3) is 0 Å². The van der Waals surface area contributed by atoms with E-state index < -0.39 is 0 Å². The highest BCUT2D eigenvalue weighted by molar-refractivity contribution is 14.0. The van der Waals surface area contributed by atoms with Crippen molar-refractivity contribution >= 4 is 47.4 Å². The van der Waals surface area contributed by atoms with E-state index in [0.717, 1.165) is 44.3 Å². The zero-order chi connectivity index (χ0) is 18.6. The van der Waals surface area contributed by atoms with Crippen LogP contribution in [-0.4, -0.2) is 42.7 Å². The number of hydrogen-bond acceptors (Lipinski definition) is 3. The normalized spacial score (nSPS) is 23.9. The van der Waals surface area contributed by atoms with E-state index in [2.05, 4.69) is 62.8 Å². The van der Waals surface area contributed by atoms with Gasteiger partial charge in [0.15, 0.2) is 5.96 Å². The van der Waals surface area contributed by atoms with Crippen LogP contribution < -0.4 is 15.5 Å². The molecule has 28 heavy (non-hydrogen) atoms. The lowest BCUT2D eigenvalue weighted by Crippen LogP contribution is -2.45. The highest BCUT2D eigenvalue weighted by Crippen LogP contribution is 2.40. The number of aliphatic imine (C=N–C) groups is 1. The number of benzene rings is 1. The van der Waals surface area contributed by atoms with E-state index >= 15 is 0 Å². The summed E-state index contributed by atoms with van der Waals surface area (Å²) in [6, 6.07) is 15.3. The van der Waals surface area contributed by atoms with E-state index in [0.29, 0.717) is 23.0 Å². The largest absolute Gasteiger partial charge is 0.353 e. The molecule has 5 nitrogen and oxygen atoms in total. The molecule has 3 unspecified atom stereocenters. The first-order valence-electron chi connectivity index (χ1n) is 9.72. The molecule has 1 aromatic carbocycles. The molecular formula is C21H27ClIN5. The average molecular weight is 512 g/mol. The number of nitrogens with one attached hydrogen (secondary N) is 2. The number of guanidine groups is 1. The number of pyridine rings is 1. The van der Waals surface area contributed by atoms with Crippen LogP contribution in [0.2, 0.25) is 5.02 Å². The molecule has 1 aliphatic heterocycles. The minimum atomic E-state index is 0. The predicted octanol–water partition coefficient (Wildman–Crippen LogP) is 4.04. The van der Waals surface area contributed by atoms with Gasteiger partial charge < -0.3 is 15.5 Å². The highest BCUT2D eigenvalue weighted by Gasteiger charge is 2.39. The van der Waals surface area contributed by atoms with Crippen molar-refractivity contribution in [1.29, 1.82) is 0 Å². The Labute approximate surface area is 189 Å². The second-order valence-corrected chi connectivity index (χ2v) is 7.62. The number of nitrogens with zero attached hydrogens (tertiary/aromatic N) is 3. The fraction of sp³-hybridized carbons (Fsp3) is 0.429. The molecule has 2 aromatic rings. The molecule has 0 spiro atoms. The molecule has 4 rings (SSSR count). The summed E-state index contributed by atoms with van der Waals surface area (Å²) in [6.07, 6.45) is 4.00. The quantitative estimate of drug-likeness (QED) is 0.361. The highest BCUT2D eigenvalue weighted by atomic mass is 127. The maximum absolute atomic E-state index is 6.30. The second-order valence-electron chi connectivity index (χ2n) is 7.21. The molecule has 2 heterocycles. The molecule has 2 fully saturated rings. The van der Waals surface area contributed by atoms with Crippen LogP contribution >= 0.6 is 35.6 Å². The lowest BCUT2D eigenvalue weighted by molar-refractivity contribution is 0.644. The molecule has 2 N–H and O–H groups in total.